The zero-order valence-corrected chi connectivity index (χ0v) is 13.0. The molecular formula is C17H19NO2S. The van der Waals surface area contributed by atoms with Crippen LogP contribution in [-0.4, -0.2) is 18.8 Å². The Morgan fingerprint density at radius 3 is 2.48 bits per heavy atom. The van der Waals surface area contributed by atoms with Crippen molar-refractivity contribution in [3.8, 4) is 0 Å². The third-order valence-corrected chi connectivity index (χ3v) is 3.86. The standard InChI is InChI=1S/C17H19NO2S/c1-3-20-17(19)16(13-9-5-4-6-10-13)18-14-11-7-8-12-15(14)21-2/h4-12,16,18H,3H2,1-2H3. The molecule has 0 saturated carbocycles. The number of nitrogens with one attached hydrogen (secondary N) is 1. The maximum Gasteiger partial charge on any atom is 0.333 e. The van der Waals surface area contributed by atoms with Gasteiger partial charge in [-0.05, 0) is 30.9 Å². The Labute approximate surface area is 129 Å². The Hall–Kier alpha value is -1.94. The lowest BCUT2D eigenvalue weighted by molar-refractivity contribution is -0.144. The maximum atomic E-state index is 12.3. The van der Waals surface area contributed by atoms with Gasteiger partial charge in [-0.3, -0.25) is 0 Å². The second kappa shape index (κ2) is 7.74. The Balaban J connectivity index is 2.30. The van der Waals surface area contributed by atoms with Crippen molar-refractivity contribution in [3.63, 3.8) is 0 Å². The molecule has 110 valence electrons. The molecule has 0 bridgehead atoms. The average molecular weight is 301 g/mol. The number of benzene rings is 2. The second-order valence-corrected chi connectivity index (χ2v) is 5.29. The molecule has 2 aromatic rings. The molecule has 2 aromatic carbocycles. The Kier molecular flexibility index (Phi) is 5.69. The number of hydrogen-bond donors (Lipinski definition) is 1. The normalized spacial score (nSPS) is 11.7. The number of anilines is 1. The number of carbonyl (C=O) groups is 1. The molecule has 0 heterocycles. The van der Waals surface area contributed by atoms with E-state index in [2.05, 4.69) is 5.32 Å². The van der Waals surface area contributed by atoms with Gasteiger partial charge in [0, 0.05) is 10.6 Å². The van der Waals surface area contributed by atoms with Crippen LogP contribution < -0.4 is 5.32 Å². The van der Waals surface area contributed by atoms with Crippen molar-refractivity contribution in [1.82, 2.24) is 0 Å². The van der Waals surface area contributed by atoms with Crippen LogP contribution in [0.1, 0.15) is 18.5 Å². The summed E-state index contributed by atoms with van der Waals surface area (Å²) in [6, 6.07) is 17.1. The maximum absolute atomic E-state index is 12.3. The van der Waals surface area contributed by atoms with Gasteiger partial charge in [0.1, 0.15) is 0 Å². The van der Waals surface area contributed by atoms with Crippen LogP contribution in [0.3, 0.4) is 0 Å². The molecule has 0 spiro atoms. The van der Waals surface area contributed by atoms with E-state index in [-0.39, 0.29) is 5.97 Å². The van der Waals surface area contributed by atoms with Crippen LogP contribution in [0.25, 0.3) is 0 Å². The molecule has 0 amide bonds. The van der Waals surface area contributed by atoms with Crippen LogP contribution in [0.5, 0.6) is 0 Å². The van der Waals surface area contributed by atoms with Crippen molar-refractivity contribution < 1.29 is 9.53 Å². The highest BCUT2D eigenvalue weighted by atomic mass is 32.2. The van der Waals surface area contributed by atoms with Crippen LogP contribution in [0.15, 0.2) is 59.5 Å². The monoisotopic (exact) mass is 301 g/mol. The van der Waals surface area contributed by atoms with Crippen molar-refractivity contribution in [3.05, 3.63) is 60.2 Å². The summed E-state index contributed by atoms with van der Waals surface area (Å²) in [7, 11) is 0. The smallest absolute Gasteiger partial charge is 0.333 e. The summed E-state index contributed by atoms with van der Waals surface area (Å²) in [5, 5.41) is 3.30. The quantitative estimate of drug-likeness (QED) is 0.643. The van der Waals surface area contributed by atoms with Crippen LogP contribution in [0, 0.1) is 0 Å². The Morgan fingerprint density at radius 1 is 1.14 bits per heavy atom. The summed E-state index contributed by atoms with van der Waals surface area (Å²) < 4.78 is 5.20. The number of thioether (sulfide) groups is 1. The molecule has 3 nitrogen and oxygen atoms in total. The molecule has 1 unspecified atom stereocenters. The van der Waals surface area contributed by atoms with Gasteiger partial charge in [-0.25, -0.2) is 4.79 Å². The molecule has 21 heavy (non-hydrogen) atoms. The van der Waals surface area contributed by atoms with E-state index in [9.17, 15) is 4.79 Å². The molecule has 0 aliphatic heterocycles. The number of ether oxygens (including phenoxy) is 1. The number of para-hydroxylation sites is 1. The minimum Gasteiger partial charge on any atom is -0.464 e. The van der Waals surface area contributed by atoms with E-state index in [1.54, 1.807) is 11.8 Å². The zero-order chi connectivity index (χ0) is 15.1. The molecule has 0 aliphatic carbocycles. The molecule has 0 radical (unpaired) electrons. The molecule has 0 aromatic heterocycles. The van der Waals surface area contributed by atoms with Gasteiger partial charge in [-0.1, -0.05) is 42.5 Å². The van der Waals surface area contributed by atoms with E-state index < -0.39 is 6.04 Å². The summed E-state index contributed by atoms with van der Waals surface area (Å²) in [5.41, 5.74) is 1.83. The highest BCUT2D eigenvalue weighted by Crippen LogP contribution is 2.29. The summed E-state index contributed by atoms with van der Waals surface area (Å²) in [4.78, 5) is 13.4. The first-order valence-electron chi connectivity index (χ1n) is 6.87. The first kappa shape index (κ1) is 15.4. The number of esters is 1. The van der Waals surface area contributed by atoms with Gasteiger partial charge in [0.05, 0.1) is 6.61 Å². The van der Waals surface area contributed by atoms with Crippen molar-refractivity contribution in [1.29, 1.82) is 0 Å². The first-order valence-corrected chi connectivity index (χ1v) is 8.10. The van der Waals surface area contributed by atoms with Crippen LogP contribution >= 0.6 is 11.8 Å². The lowest BCUT2D eigenvalue weighted by Gasteiger charge is -2.20. The minimum absolute atomic E-state index is 0.264. The molecule has 4 heteroatoms. The topological polar surface area (TPSA) is 38.3 Å². The fourth-order valence-electron chi connectivity index (χ4n) is 2.07. The van der Waals surface area contributed by atoms with E-state index >= 15 is 0 Å². The van der Waals surface area contributed by atoms with Crippen molar-refractivity contribution >= 4 is 23.4 Å². The lowest BCUT2D eigenvalue weighted by Crippen LogP contribution is -2.23. The second-order valence-electron chi connectivity index (χ2n) is 4.44. The fourth-order valence-corrected chi connectivity index (χ4v) is 2.63. The minimum atomic E-state index is -0.501. The molecule has 0 fully saturated rings. The van der Waals surface area contributed by atoms with Crippen molar-refractivity contribution in [2.75, 3.05) is 18.2 Å². The van der Waals surface area contributed by atoms with E-state index in [0.29, 0.717) is 6.61 Å². The Bertz CT molecular complexity index is 586. The van der Waals surface area contributed by atoms with Gasteiger partial charge in [0.2, 0.25) is 0 Å². The average Bonchev–Trinajstić information content (AvgIpc) is 2.54. The molecule has 1 N–H and O–H groups in total. The van der Waals surface area contributed by atoms with Gasteiger partial charge in [-0.2, -0.15) is 0 Å². The molecule has 0 aliphatic rings. The van der Waals surface area contributed by atoms with Crippen LogP contribution in [0.2, 0.25) is 0 Å². The van der Waals surface area contributed by atoms with Gasteiger partial charge >= 0.3 is 5.97 Å². The molecular weight excluding hydrogens is 282 g/mol. The number of rotatable bonds is 6. The lowest BCUT2D eigenvalue weighted by atomic mass is 10.1. The van der Waals surface area contributed by atoms with Gasteiger partial charge in [0.25, 0.3) is 0 Å². The zero-order valence-electron chi connectivity index (χ0n) is 12.2. The van der Waals surface area contributed by atoms with E-state index in [4.69, 9.17) is 4.74 Å². The van der Waals surface area contributed by atoms with Crippen molar-refractivity contribution in [2.45, 2.75) is 17.9 Å². The third-order valence-electron chi connectivity index (χ3n) is 3.06. The number of carbonyl (C=O) groups excluding carboxylic acids is 1. The van der Waals surface area contributed by atoms with Crippen LogP contribution in [-0.2, 0) is 9.53 Å². The van der Waals surface area contributed by atoms with E-state index in [1.807, 2.05) is 67.8 Å². The molecule has 1 atom stereocenters. The summed E-state index contributed by atoms with van der Waals surface area (Å²) in [5.74, 6) is -0.264. The molecule has 0 saturated heterocycles. The van der Waals surface area contributed by atoms with Crippen molar-refractivity contribution in [2.24, 2.45) is 0 Å². The van der Waals surface area contributed by atoms with E-state index in [0.717, 1.165) is 16.1 Å². The summed E-state index contributed by atoms with van der Waals surface area (Å²) in [6.07, 6.45) is 2.02. The largest absolute Gasteiger partial charge is 0.464 e. The highest BCUT2D eigenvalue weighted by molar-refractivity contribution is 7.98. The third kappa shape index (κ3) is 4.02. The molecule has 2 rings (SSSR count). The first-order chi connectivity index (χ1) is 10.3. The van der Waals surface area contributed by atoms with Gasteiger partial charge < -0.3 is 10.1 Å². The highest BCUT2D eigenvalue weighted by Gasteiger charge is 2.22. The SMILES string of the molecule is CCOC(=O)C(Nc1ccccc1SC)c1ccccc1. The summed E-state index contributed by atoms with van der Waals surface area (Å²) in [6.45, 7) is 2.18. The summed E-state index contributed by atoms with van der Waals surface area (Å²) >= 11 is 1.64. The Morgan fingerprint density at radius 2 is 1.81 bits per heavy atom. The van der Waals surface area contributed by atoms with Gasteiger partial charge in [0.15, 0.2) is 6.04 Å². The van der Waals surface area contributed by atoms with E-state index in [1.165, 1.54) is 0 Å². The van der Waals surface area contributed by atoms with Crippen LogP contribution in [0.4, 0.5) is 5.69 Å². The number of hydrogen-bond acceptors (Lipinski definition) is 4. The predicted molar refractivity (Wildman–Crippen MR) is 87.7 cm³/mol. The predicted octanol–water partition coefficient (Wildman–Crippen LogP) is 4.12. The van der Waals surface area contributed by atoms with Gasteiger partial charge in [-0.15, -0.1) is 11.8 Å². The fraction of sp³-hybridized carbons (Fsp3) is 0.235.